The SMILES string of the molecule is CCOC(=O)C(N)Cc1c[nH]c2ccccc12.[Cl-]. The summed E-state index contributed by atoms with van der Waals surface area (Å²) in [5, 5.41) is 1.10. The van der Waals surface area contributed by atoms with E-state index in [1.165, 1.54) is 0 Å². The van der Waals surface area contributed by atoms with E-state index in [-0.39, 0.29) is 18.4 Å². The lowest BCUT2D eigenvalue weighted by Gasteiger charge is -2.09. The molecule has 1 aromatic carbocycles. The first-order valence-electron chi connectivity index (χ1n) is 5.69. The van der Waals surface area contributed by atoms with E-state index >= 15 is 0 Å². The van der Waals surface area contributed by atoms with Gasteiger partial charge in [0, 0.05) is 23.5 Å². The fraction of sp³-hybridized carbons (Fsp3) is 0.308. The largest absolute Gasteiger partial charge is 1.00 e. The minimum atomic E-state index is -0.603. The number of hydrogen-bond donors (Lipinski definition) is 2. The zero-order valence-corrected chi connectivity index (χ0v) is 10.9. The fourth-order valence-electron chi connectivity index (χ4n) is 1.87. The number of rotatable bonds is 4. The highest BCUT2D eigenvalue weighted by molar-refractivity contribution is 5.84. The molecule has 2 rings (SSSR count). The maximum Gasteiger partial charge on any atom is 0.323 e. The summed E-state index contributed by atoms with van der Waals surface area (Å²) in [6.07, 6.45) is 2.38. The Hall–Kier alpha value is -1.52. The number of hydrogen-bond acceptors (Lipinski definition) is 3. The molecule has 18 heavy (non-hydrogen) atoms. The predicted molar refractivity (Wildman–Crippen MR) is 66.6 cm³/mol. The van der Waals surface area contributed by atoms with Gasteiger partial charge in [0.25, 0.3) is 0 Å². The summed E-state index contributed by atoms with van der Waals surface area (Å²) in [5.41, 5.74) is 7.89. The predicted octanol–water partition coefficient (Wildman–Crippen LogP) is -1.40. The maximum atomic E-state index is 11.4. The van der Waals surface area contributed by atoms with Gasteiger partial charge in [0.1, 0.15) is 6.04 Å². The highest BCUT2D eigenvalue weighted by Gasteiger charge is 2.16. The molecular weight excluding hydrogens is 252 g/mol. The van der Waals surface area contributed by atoms with Crippen LogP contribution >= 0.6 is 0 Å². The van der Waals surface area contributed by atoms with Crippen molar-refractivity contribution in [2.45, 2.75) is 19.4 Å². The number of aromatic nitrogens is 1. The molecule has 2 aromatic rings. The van der Waals surface area contributed by atoms with E-state index in [1.807, 2.05) is 30.5 Å². The van der Waals surface area contributed by atoms with Crippen LogP contribution in [-0.4, -0.2) is 23.6 Å². The van der Waals surface area contributed by atoms with E-state index in [0.29, 0.717) is 13.0 Å². The number of carbonyl (C=O) groups excluding carboxylic acids is 1. The maximum absolute atomic E-state index is 11.4. The third kappa shape index (κ3) is 3.03. The van der Waals surface area contributed by atoms with Gasteiger partial charge in [0.05, 0.1) is 6.61 Å². The number of H-pyrrole nitrogens is 1. The summed E-state index contributed by atoms with van der Waals surface area (Å²) >= 11 is 0. The first-order chi connectivity index (χ1) is 8.22. The number of fused-ring (bicyclic) bond motifs is 1. The van der Waals surface area contributed by atoms with Crippen molar-refractivity contribution in [1.29, 1.82) is 0 Å². The van der Waals surface area contributed by atoms with Crippen LogP contribution in [0, 0.1) is 0 Å². The van der Waals surface area contributed by atoms with Crippen molar-refractivity contribution < 1.29 is 21.9 Å². The lowest BCUT2D eigenvalue weighted by Crippen LogP contribution is -3.00. The van der Waals surface area contributed by atoms with E-state index in [9.17, 15) is 4.79 Å². The highest BCUT2D eigenvalue weighted by atomic mass is 35.5. The Morgan fingerprint density at radius 2 is 2.17 bits per heavy atom. The zero-order chi connectivity index (χ0) is 12.3. The smallest absolute Gasteiger partial charge is 0.323 e. The van der Waals surface area contributed by atoms with E-state index in [1.54, 1.807) is 6.92 Å². The number of ether oxygens (including phenoxy) is 1. The van der Waals surface area contributed by atoms with Gasteiger partial charge in [0.2, 0.25) is 0 Å². The summed E-state index contributed by atoms with van der Waals surface area (Å²) in [6, 6.07) is 7.34. The van der Waals surface area contributed by atoms with Crippen LogP contribution in [0.15, 0.2) is 30.5 Å². The standard InChI is InChI=1S/C13H16N2O2.ClH/c1-2-17-13(16)11(14)7-9-8-15-12-6-4-3-5-10(9)12;/h3-6,8,11,15H,2,7,14H2,1H3;1H/p-1. The molecule has 3 N–H and O–H groups in total. The van der Waals surface area contributed by atoms with Gasteiger partial charge < -0.3 is 27.9 Å². The highest BCUT2D eigenvalue weighted by Crippen LogP contribution is 2.18. The topological polar surface area (TPSA) is 68.1 Å². The average Bonchev–Trinajstić information content (AvgIpc) is 2.73. The zero-order valence-electron chi connectivity index (χ0n) is 10.2. The lowest BCUT2D eigenvalue weighted by molar-refractivity contribution is -0.144. The van der Waals surface area contributed by atoms with Crippen LogP contribution in [0.2, 0.25) is 0 Å². The number of carbonyl (C=O) groups is 1. The molecule has 0 saturated carbocycles. The molecule has 0 aliphatic heterocycles. The van der Waals surface area contributed by atoms with Gasteiger partial charge in [-0.15, -0.1) is 0 Å². The molecular formula is C13H16ClN2O2-. The molecule has 5 heteroatoms. The second kappa shape index (κ2) is 6.42. The minimum Gasteiger partial charge on any atom is -1.00 e. The van der Waals surface area contributed by atoms with Crippen molar-refractivity contribution in [3.8, 4) is 0 Å². The molecule has 1 atom stereocenters. The number of nitrogens with two attached hydrogens (primary N) is 1. The third-order valence-electron chi connectivity index (χ3n) is 2.70. The Bertz CT molecular complexity index is 524. The van der Waals surface area contributed by atoms with Crippen LogP contribution in [0.3, 0.4) is 0 Å². The average molecular weight is 268 g/mol. The Balaban J connectivity index is 0.00000162. The second-order valence-electron chi connectivity index (χ2n) is 3.92. The van der Waals surface area contributed by atoms with Crippen LogP contribution in [0.1, 0.15) is 12.5 Å². The van der Waals surface area contributed by atoms with Crippen molar-refractivity contribution in [3.05, 3.63) is 36.0 Å². The molecule has 4 nitrogen and oxygen atoms in total. The van der Waals surface area contributed by atoms with Crippen molar-refractivity contribution in [1.82, 2.24) is 4.98 Å². The van der Waals surface area contributed by atoms with Gasteiger partial charge >= 0.3 is 5.97 Å². The molecule has 0 aliphatic carbocycles. The van der Waals surface area contributed by atoms with E-state index in [0.717, 1.165) is 16.5 Å². The molecule has 0 saturated heterocycles. The van der Waals surface area contributed by atoms with Crippen LogP contribution in [-0.2, 0) is 16.0 Å². The van der Waals surface area contributed by atoms with E-state index < -0.39 is 6.04 Å². The third-order valence-corrected chi connectivity index (χ3v) is 2.70. The Morgan fingerprint density at radius 1 is 1.44 bits per heavy atom. The molecule has 0 bridgehead atoms. The summed E-state index contributed by atoms with van der Waals surface area (Å²) in [4.78, 5) is 14.6. The molecule has 1 aromatic heterocycles. The molecule has 98 valence electrons. The summed E-state index contributed by atoms with van der Waals surface area (Å²) < 4.78 is 4.89. The second-order valence-corrected chi connectivity index (χ2v) is 3.92. The number of halogens is 1. The minimum absolute atomic E-state index is 0. The molecule has 0 amide bonds. The van der Waals surface area contributed by atoms with Crippen LogP contribution < -0.4 is 18.1 Å². The Labute approximate surface area is 112 Å². The van der Waals surface area contributed by atoms with Crippen LogP contribution in [0.5, 0.6) is 0 Å². The molecule has 0 fully saturated rings. The van der Waals surface area contributed by atoms with Crippen molar-refractivity contribution in [3.63, 3.8) is 0 Å². The van der Waals surface area contributed by atoms with Crippen molar-refractivity contribution in [2.24, 2.45) is 5.73 Å². The van der Waals surface area contributed by atoms with Crippen molar-refractivity contribution in [2.75, 3.05) is 6.61 Å². The molecule has 0 aliphatic rings. The summed E-state index contributed by atoms with van der Waals surface area (Å²) in [6.45, 7) is 2.14. The number of nitrogens with one attached hydrogen (secondary N) is 1. The van der Waals surface area contributed by atoms with Crippen LogP contribution in [0.25, 0.3) is 10.9 Å². The Morgan fingerprint density at radius 3 is 2.89 bits per heavy atom. The first-order valence-corrected chi connectivity index (χ1v) is 5.69. The van der Waals surface area contributed by atoms with Gasteiger partial charge in [-0.2, -0.15) is 0 Å². The summed E-state index contributed by atoms with van der Waals surface area (Å²) in [7, 11) is 0. The lowest BCUT2D eigenvalue weighted by atomic mass is 10.1. The first kappa shape index (κ1) is 14.5. The number of para-hydroxylation sites is 1. The van der Waals surface area contributed by atoms with Crippen molar-refractivity contribution >= 4 is 16.9 Å². The molecule has 0 radical (unpaired) electrons. The monoisotopic (exact) mass is 267 g/mol. The normalized spacial score (nSPS) is 11.9. The van der Waals surface area contributed by atoms with Gasteiger partial charge in [-0.3, -0.25) is 4.79 Å². The van der Waals surface area contributed by atoms with E-state index in [2.05, 4.69) is 4.98 Å². The fourth-order valence-corrected chi connectivity index (χ4v) is 1.87. The molecule has 1 heterocycles. The molecule has 0 spiro atoms. The number of benzene rings is 1. The van der Waals surface area contributed by atoms with Gasteiger partial charge in [-0.1, -0.05) is 18.2 Å². The number of aromatic amines is 1. The quantitative estimate of drug-likeness (QED) is 0.670. The van der Waals surface area contributed by atoms with Crippen LogP contribution in [0.4, 0.5) is 0 Å². The van der Waals surface area contributed by atoms with Gasteiger partial charge in [0.15, 0.2) is 0 Å². The summed E-state index contributed by atoms with van der Waals surface area (Å²) in [5.74, 6) is -0.349. The van der Waals surface area contributed by atoms with Gasteiger partial charge in [-0.25, -0.2) is 0 Å². The molecule has 1 unspecified atom stereocenters. The van der Waals surface area contributed by atoms with Gasteiger partial charge in [-0.05, 0) is 18.6 Å². The van der Waals surface area contributed by atoms with E-state index in [4.69, 9.17) is 10.5 Å². The Kier molecular flexibility index (Phi) is 5.19. The number of esters is 1.